The summed E-state index contributed by atoms with van der Waals surface area (Å²) in [6.07, 6.45) is 1.33. The molecular formula is C9H12N2O4. The van der Waals surface area contributed by atoms with E-state index in [9.17, 15) is 4.79 Å². The van der Waals surface area contributed by atoms with Crippen molar-refractivity contribution in [3.05, 3.63) is 11.7 Å². The third-order valence-electron chi connectivity index (χ3n) is 2.22. The predicted octanol–water partition coefficient (Wildman–Crippen LogP) is 0.937. The molecule has 6 nitrogen and oxygen atoms in total. The Morgan fingerprint density at radius 2 is 2.47 bits per heavy atom. The van der Waals surface area contributed by atoms with Gasteiger partial charge in [0.25, 0.3) is 0 Å². The highest BCUT2D eigenvalue weighted by Gasteiger charge is 2.29. The molecule has 1 N–H and O–H groups in total. The van der Waals surface area contributed by atoms with Gasteiger partial charge in [0, 0.05) is 5.92 Å². The highest BCUT2D eigenvalue weighted by Crippen LogP contribution is 2.38. The molecular weight excluding hydrogens is 200 g/mol. The summed E-state index contributed by atoms with van der Waals surface area (Å²) < 4.78 is 10.0. The Hall–Kier alpha value is -1.43. The number of hydrogen-bond donors (Lipinski definition) is 1. The van der Waals surface area contributed by atoms with E-state index in [1.54, 1.807) is 0 Å². The van der Waals surface area contributed by atoms with Crippen molar-refractivity contribution in [2.24, 2.45) is 0 Å². The molecule has 0 aromatic carbocycles. The van der Waals surface area contributed by atoms with Crippen molar-refractivity contribution in [3.8, 4) is 0 Å². The van der Waals surface area contributed by atoms with Crippen LogP contribution in [0, 0.1) is 0 Å². The molecule has 0 spiro atoms. The molecule has 1 saturated carbocycles. The molecule has 0 unspecified atom stereocenters. The summed E-state index contributed by atoms with van der Waals surface area (Å²) in [5.41, 5.74) is 0. The number of ether oxygens (including phenoxy) is 1. The Bertz CT molecular complexity index is 359. The Balaban J connectivity index is 1.85. The van der Waals surface area contributed by atoms with Gasteiger partial charge in [0.2, 0.25) is 5.89 Å². The van der Waals surface area contributed by atoms with Crippen LogP contribution in [0.25, 0.3) is 0 Å². The Morgan fingerprint density at radius 3 is 3.07 bits per heavy atom. The van der Waals surface area contributed by atoms with E-state index >= 15 is 0 Å². The fourth-order valence-electron chi connectivity index (χ4n) is 1.09. The van der Waals surface area contributed by atoms with Gasteiger partial charge in [-0.05, 0) is 19.8 Å². The van der Waals surface area contributed by atoms with Gasteiger partial charge < -0.3 is 14.4 Å². The van der Waals surface area contributed by atoms with Crippen LogP contribution in [0.15, 0.2) is 4.52 Å². The van der Waals surface area contributed by atoms with Crippen molar-refractivity contribution in [2.75, 3.05) is 0 Å². The van der Waals surface area contributed by atoms with Crippen molar-refractivity contribution >= 4 is 5.97 Å². The minimum atomic E-state index is -0.999. The lowest BCUT2D eigenvalue weighted by molar-refractivity contribution is -0.150. The van der Waals surface area contributed by atoms with Crippen molar-refractivity contribution in [3.63, 3.8) is 0 Å². The van der Waals surface area contributed by atoms with Crippen LogP contribution in [-0.2, 0) is 16.1 Å². The molecule has 1 atom stereocenters. The second-order valence-corrected chi connectivity index (χ2v) is 3.61. The highest BCUT2D eigenvalue weighted by atomic mass is 16.5. The minimum absolute atomic E-state index is 0.0731. The summed E-state index contributed by atoms with van der Waals surface area (Å²) >= 11 is 0. The molecule has 0 bridgehead atoms. The van der Waals surface area contributed by atoms with E-state index in [-0.39, 0.29) is 6.61 Å². The van der Waals surface area contributed by atoms with Crippen LogP contribution in [0.2, 0.25) is 0 Å². The largest absolute Gasteiger partial charge is 0.479 e. The number of rotatable bonds is 5. The molecule has 1 heterocycles. The van der Waals surface area contributed by atoms with Gasteiger partial charge in [0.15, 0.2) is 11.9 Å². The first-order valence-electron chi connectivity index (χ1n) is 4.83. The lowest BCUT2D eigenvalue weighted by Crippen LogP contribution is -2.19. The SMILES string of the molecule is C[C@H](OCc1noc(C2CC2)n1)C(=O)O. The summed E-state index contributed by atoms with van der Waals surface area (Å²) in [6.45, 7) is 1.54. The third-order valence-corrected chi connectivity index (χ3v) is 2.22. The molecule has 2 rings (SSSR count). The van der Waals surface area contributed by atoms with Crippen molar-refractivity contribution < 1.29 is 19.2 Å². The van der Waals surface area contributed by atoms with Crippen LogP contribution in [0.3, 0.4) is 0 Å². The monoisotopic (exact) mass is 212 g/mol. The molecule has 1 aromatic rings. The van der Waals surface area contributed by atoms with Crippen molar-refractivity contribution in [2.45, 2.75) is 38.4 Å². The molecule has 0 saturated heterocycles. The van der Waals surface area contributed by atoms with Gasteiger partial charge >= 0.3 is 5.97 Å². The molecule has 82 valence electrons. The number of hydrogen-bond acceptors (Lipinski definition) is 5. The Kier molecular flexibility index (Phi) is 2.68. The smallest absolute Gasteiger partial charge is 0.332 e. The number of carboxylic acids is 1. The van der Waals surface area contributed by atoms with Gasteiger partial charge in [-0.25, -0.2) is 4.79 Å². The van der Waals surface area contributed by atoms with E-state index < -0.39 is 12.1 Å². The van der Waals surface area contributed by atoms with Gasteiger partial charge in [0.1, 0.15) is 6.61 Å². The van der Waals surface area contributed by atoms with E-state index in [4.69, 9.17) is 14.4 Å². The van der Waals surface area contributed by atoms with E-state index in [0.29, 0.717) is 17.6 Å². The van der Waals surface area contributed by atoms with Crippen LogP contribution in [0.5, 0.6) is 0 Å². The molecule has 1 aliphatic carbocycles. The number of nitrogens with zero attached hydrogens (tertiary/aromatic N) is 2. The Labute approximate surface area is 86.2 Å². The van der Waals surface area contributed by atoms with Crippen molar-refractivity contribution in [1.82, 2.24) is 10.1 Å². The topological polar surface area (TPSA) is 85.5 Å². The molecule has 1 aromatic heterocycles. The van der Waals surface area contributed by atoms with Crippen LogP contribution < -0.4 is 0 Å². The fraction of sp³-hybridized carbons (Fsp3) is 0.667. The van der Waals surface area contributed by atoms with Crippen LogP contribution in [0.1, 0.15) is 37.4 Å². The zero-order valence-electron chi connectivity index (χ0n) is 8.34. The van der Waals surface area contributed by atoms with E-state index in [0.717, 1.165) is 12.8 Å². The van der Waals surface area contributed by atoms with Gasteiger partial charge in [-0.2, -0.15) is 4.98 Å². The van der Waals surface area contributed by atoms with E-state index in [1.165, 1.54) is 6.92 Å². The average Bonchev–Trinajstić information content (AvgIpc) is 2.95. The van der Waals surface area contributed by atoms with Gasteiger partial charge in [-0.3, -0.25) is 0 Å². The number of aromatic nitrogens is 2. The number of aliphatic carboxylic acids is 1. The number of carboxylic acid groups (broad SMARTS) is 1. The first kappa shape index (κ1) is 10.1. The fourth-order valence-corrected chi connectivity index (χ4v) is 1.09. The maximum absolute atomic E-state index is 10.5. The van der Waals surface area contributed by atoms with E-state index in [2.05, 4.69) is 10.1 Å². The molecule has 1 aliphatic rings. The average molecular weight is 212 g/mol. The van der Waals surface area contributed by atoms with Gasteiger partial charge in [-0.15, -0.1) is 0 Å². The standard InChI is InChI=1S/C9H12N2O4/c1-5(9(12)13)14-4-7-10-8(15-11-7)6-2-3-6/h5-6H,2-4H2,1H3,(H,12,13)/t5-/m0/s1. The first-order valence-corrected chi connectivity index (χ1v) is 4.83. The second-order valence-electron chi connectivity index (χ2n) is 3.61. The predicted molar refractivity (Wildman–Crippen MR) is 48.2 cm³/mol. The van der Waals surface area contributed by atoms with Gasteiger partial charge in [0.05, 0.1) is 0 Å². The normalized spacial score (nSPS) is 17.7. The molecule has 0 aliphatic heterocycles. The summed E-state index contributed by atoms with van der Waals surface area (Å²) in [6, 6.07) is 0. The van der Waals surface area contributed by atoms with Crippen LogP contribution >= 0.6 is 0 Å². The van der Waals surface area contributed by atoms with Crippen LogP contribution in [0.4, 0.5) is 0 Å². The van der Waals surface area contributed by atoms with Crippen molar-refractivity contribution in [1.29, 1.82) is 0 Å². The number of carbonyl (C=O) groups is 1. The minimum Gasteiger partial charge on any atom is -0.479 e. The Morgan fingerprint density at radius 1 is 1.73 bits per heavy atom. The molecule has 0 amide bonds. The molecule has 0 radical (unpaired) electrons. The summed E-state index contributed by atoms with van der Waals surface area (Å²) in [5, 5.41) is 12.3. The lowest BCUT2D eigenvalue weighted by atomic mass is 10.4. The second kappa shape index (κ2) is 3.98. The summed E-state index contributed by atoms with van der Waals surface area (Å²) in [5.74, 6) is 0.450. The molecule has 15 heavy (non-hydrogen) atoms. The third kappa shape index (κ3) is 2.53. The zero-order chi connectivity index (χ0) is 10.8. The quantitative estimate of drug-likeness (QED) is 0.781. The van der Waals surface area contributed by atoms with E-state index in [1.807, 2.05) is 0 Å². The zero-order valence-corrected chi connectivity index (χ0v) is 8.34. The maximum atomic E-state index is 10.5. The van der Waals surface area contributed by atoms with Gasteiger partial charge in [-0.1, -0.05) is 5.16 Å². The lowest BCUT2D eigenvalue weighted by Gasteiger charge is -2.04. The molecule has 1 fully saturated rings. The molecule has 6 heteroatoms. The summed E-state index contributed by atoms with van der Waals surface area (Å²) in [7, 11) is 0. The summed E-state index contributed by atoms with van der Waals surface area (Å²) in [4.78, 5) is 14.6. The van der Waals surface area contributed by atoms with Crippen LogP contribution in [-0.4, -0.2) is 27.3 Å². The highest BCUT2D eigenvalue weighted by molar-refractivity contribution is 5.71. The first-order chi connectivity index (χ1) is 7.16. The maximum Gasteiger partial charge on any atom is 0.332 e.